The van der Waals surface area contributed by atoms with Crippen molar-refractivity contribution in [2.45, 2.75) is 20.4 Å². The van der Waals surface area contributed by atoms with Gasteiger partial charge in [-0.3, -0.25) is 4.98 Å². The molecule has 0 aromatic carbocycles. The number of pyridine rings is 1. The summed E-state index contributed by atoms with van der Waals surface area (Å²) in [5.74, 6) is -0.904. The normalized spacial score (nSPS) is 10.5. The summed E-state index contributed by atoms with van der Waals surface area (Å²) in [7, 11) is 0. The van der Waals surface area contributed by atoms with Crippen molar-refractivity contribution in [2.75, 3.05) is 0 Å². The van der Waals surface area contributed by atoms with Crippen LogP contribution in [0.5, 0.6) is 0 Å². The van der Waals surface area contributed by atoms with Crippen molar-refractivity contribution >= 4 is 5.97 Å². The molecule has 0 radical (unpaired) electrons. The Morgan fingerprint density at radius 2 is 2.18 bits per heavy atom. The van der Waals surface area contributed by atoms with Gasteiger partial charge in [-0.15, -0.1) is 0 Å². The lowest BCUT2D eigenvalue weighted by Crippen LogP contribution is -2.08. The third-order valence-corrected chi connectivity index (χ3v) is 2.69. The van der Waals surface area contributed by atoms with Gasteiger partial charge in [-0.1, -0.05) is 0 Å². The van der Waals surface area contributed by atoms with Gasteiger partial charge in [0.2, 0.25) is 0 Å². The zero-order valence-electron chi connectivity index (χ0n) is 9.84. The summed E-state index contributed by atoms with van der Waals surface area (Å²) in [4.78, 5) is 15.2. The third-order valence-electron chi connectivity index (χ3n) is 2.69. The molecule has 0 atom stereocenters. The van der Waals surface area contributed by atoms with Gasteiger partial charge in [-0.25, -0.2) is 4.79 Å². The maximum Gasteiger partial charge on any atom is 0.352 e. The fraction of sp³-hybridized carbons (Fsp3) is 0.231. The Kier molecular flexibility index (Phi) is 2.95. The van der Waals surface area contributed by atoms with Gasteiger partial charge >= 0.3 is 5.97 Å². The quantitative estimate of drug-likeness (QED) is 0.881. The van der Waals surface area contributed by atoms with Gasteiger partial charge in [-0.05, 0) is 37.6 Å². The zero-order valence-corrected chi connectivity index (χ0v) is 9.84. The fourth-order valence-corrected chi connectivity index (χ4v) is 1.94. The molecule has 0 aliphatic carbocycles. The molecule has 0 amide bonds. The molecule has 4 nitrogen and oxygen atoms in total. The average molecular weight is 230 g/mol. The van der Waals surface area contributed by atoms with Crippen LogP contribution in [0.25, 0.3) is 11.3 Å². The van der Waals surface area contributed by atoms with Crippen molar-refractivity contribution in [1.82, 2.24) is 9.55 Å². The number of aryl methyl sites for hydroxylation is 1. The van der Waals surface area contributed by atoms with Gasteiger partial charge in [0.25, 0.3) is 0 Å². The lowest BCUT2D eigenvalue weighted by Gasteiger charge is -2.09. The predicted octanol–water partition coefficient (Wildman–Crippen LogP) is 2.58. The van der Waals surface area contributed by atoms with Crippen molar-refractivity contribution in [3.05, 3.63) is 41.9 Å². The average Bonchev–Trinajstić information content (AvgIpc) is 2.72. The number of carboxylic acids is 1. The van der Waals surface area contributed by atoms with Crippen molar-refractivity contribution < 1.29 is 9.90 Å². The fourth-order valence-electron chi connectivity index (χ4n) is 1.94. The number of nitrogens with zero attached hydrogens (tertiary/aromatic N) is 2. The molecule has 17 heavy (non-hydrogen) atoms. The molecule has 0 saturated carbocycles. The second-order valence-electron chi connectivity index (χ2n) is 3.90. The first-order valence-corrected chi connectivity index (χ1v) is 5.48. The molecule has 2 aromatic rings. The Bertz CT molecular complexity index is 558. The molecule has 2 aromatic heterocycles. The van der Waals surface area contributed by atoms with Crippen molar-refractivity contribution in [3.8, 4) is 11.3 Å². The Morgan fingerprint density at radius 1 is 1.41 bits per heavy atom. The van der Waals surface area contributed by atoms with Gasteiger partial charge < -0.3 is 9.67 Å². The molecular weight excluding hydrogens is 216 g/mol. The molecule has 0 aliphatic heterocycles. The summed E-state index contributed by atoms with van der Waals surface area (Å²) in [6.07, 6.45) is 3.53. The Morgan fingerprint density at radius 3 is 2.76 bits per heavy atom. The Labute approximate surface area is 99.5 Å². The van der Waals surface area contributed by atoms with E-state index in [1.54, 1.807) is 23.0 Å². The first-order chi connectivity index (χ1) is 8.13. The smallest absolute Gasteiger partial charge is 0.352 e. The number of carbonyl (C=O) groups is 1. The van der Waals surface area contributed by atoms with E-state index in [0.717, 1.165) is 16.8 Å². The minimum atomic E-state index is -0.904. The summed E-state index contributed by atoms with van der Waals surface area (Å²) in [5, 5.41) is 9.08. The topological polar surface area (TPSA) is 55.1 Å². The van der Waals surface area contributed by atoms with E-state index in [1.165, 1.54) is 0 Å². The van der Waals surface area contributed by atoms with E-state index in [4.69, 9.17) is 5.11 Å². The van der Waals surface area contributed by atoms with E-state index in [-0.39, 0.29) is 0 Å². The molecule has 0 unspecified atom stereocenters. The van der Waals surface area contributed by atoms with Crippen LogP contribution in [-0.4, -0.2) is 20.6 Å². The van der Waals surface area contributed by atoms with E-state index in [0.29, 0.717) is 12.2 Å². The monoisotopic (exact) mass is 230 g/mol. The van der Waals surface area contributed by atoms with E-state index in [9.17, 15) is 4.79 Å². The maximum absolute atomic E-state index is 11.1. The summed E-state index contributed by atoms with van der Waals surface area (Å²) >= 11 is 0. The molecule has 2 heterocycles. The molecule has 88 valence electrons. The molecule has 1 N–H and O–H groups in total. The maximum atomic E-state index is 11.1. The van der Waals surface area contributed by atoms with E-state index < -0.39 is 5.97 Å². The minimum Gasteiger partial charge on any atom is -0.477 e. The van der Waals surface area contributed by atoms with Gasteiger partial charge in [0.05, 0.1) is 5.69 Å². The van der Waals surface area contributed by atoms with Crippen LogP contribution in [0.3, 0.4) is 0 Å². The lowest BCUT2D eigenvalue weighted by molar-refractivity contribution is 0.0685. The summed E-state index contributed by atoms with van der Waals surface area (Å²) < 4.78 is 1.78. The number of aromatic carboxylic acids is 1. The van der Waals surface area contributed by atoms with Crippen LogP contribution in [0.1, 0.15) is 23.0 Å². The van der Waals surface area contributed by atoms with E-state index in [2.05, 4.69) is 4.98 Å². The summed E-state index contributed by atoms with van der Waals surface area (Å²) in [5.41, 5.74) is 3.20. The van der Waals surface area contributed by atoms with Crippen LogP contribution in [0.15, 0.2) is 30.6 Å². The van der Waals surface area contributed by atoms with Crippen LogP contribution >= 0.6 is 0 Å². The molecular formula is C13H14N2O2. The van der Waals surface area contributed by atoms with Crippen molar-refractivity contribution in [1.29, 1.82) is 0 Å². The molecule has 0 bridgehead atoms. The SMILES string of the molecule is CCn1c(C(=O)O)ccc1-c1cncc(C)c1. The highest BCUT2D eigenvalue weighted by atomic mass is 16.4. The van der Waals surface area contributed by atoms with E-state index >= 15 is 0 Å². The van der Waals surface area contributed by atoms with Gasteiger partial charge in [0.15, 0.2) is 0 Å². The number of aromatic nitrogens is 2. The zero-order chi connectivity index (χ0) is 12.4. The van der Waals surface area contributed by atoms with Crippen LogP contribution in [0, 0.1) is 6.92 Å². The standard InChI is InChI=1S/C13H14N2O2/c1-3-15-11(4-5-12(15)13(16)17)10-6-9(2)7-14-8-10/h4-8H,3H2,1-2H3,(H,16,17). The third kappa shape index (κ3) is 2.06. The van der Waals surface area contributed by atoms with Crippen molar-refractivity contribution in [2.24, 2.45) is 0 Å². The molecule has 2 rings (SSSR count). The minimum absolute atomic E-state index is 0.309. The van der Waals surface area contributed by atoms with Crippen LogP contribution < -0.4 is 0 Å². The van der Waals surface area contributed by atoms with Crippen LogP contribution in [0.4, 0.5) is 0 Å². The van der Waals surface area contributed by atoms with Gasteiger partial charge in [0.1, 0.15) is 5.69 Å². The highest BCUT2D eigenvalue weighted by molar-refractivity contribution is 5.87. The van der Waals surface area contributed by atoms with Crippen molar-refractivity contribution in [3.63, 3.8) is 0 Å². The van der Waals surface area contributed by atoms with Crippen LogP contribution in [0.2, 0.25) is 0 Å². The number of hydrogen-bond donors (Lipinski definition) is 1. The van der Waals surface area contributed by atoms with Crippen LogP contribution in [-0.2, 0) is 6.54 Å². The number of carboxylic acid groups (broad SMARTS) is 1. The largest absolute Gasteiger partial charge is 0.477 e. The first kappa shape index (κ1) is 11.4. The second kappa shape index (κ2) is 4.41. The number of rotatable bonds is 3. The molecule has 0 aliphatic rings. The molecule has 0 fully saturated rings. The summed E-state index contributed by atoms with van der Waals surface area (Å²) in [6, 6.07) is 5.45. The number of hydrogen-bond acceptors (Lipinski definition) is 2. The Hall–Kier alpha value is -2.10. The predicted molar refractivity (Wildman–Crippen MR) is 65.0 cm³/mol. The van der Waals surface area contributed by atoms with Gasteiger partial charge in [0, 0.05) is 24.5 Å². The molecule has 4 heteroatoms. The lowest BCUT2D eigenvalue weighted by atomic mass is 10.1. The first-order valence-electron chi connectivity index (χ1n) is 5.48. The summed E-state index contributed by atoms with van der Waals surface area (Å²) in [6.45, 7) is 4.52. The van der Waals surface area contributed by atoms with Gasteiger partial charge in [-0.2, -0.15) is 0 Å². The van der Waals surface area contributed by atoms with E-state index in [1.807, 2.05) is 26.0 Å². The molecule has 0 saturated heterocycles. The Balaban J connectivity index is 2.56. The molecule has 0 spiro atoms. The highest BCUT2D eigenvalue weighted by Gasteiger charge is 2.13. The highest BCUT2D eigenvalue weighted by Crippen LogP contribution is 2.22. The second-order valence-corrected chi connectivity index (χ2v) is 3.90.